The lowest BCUT2D eigenvalue weighted by atomic mass is 10.1. The molecule has 2 aliphatic carbocycles. The molecule has 1 N–H and O–H groups in total. The summed E-state index contributed by atoms with van der Waals surface area (Å²) >= 11 is 0. The number of carbonyl (C=O) groups is 1. The zero-order chi connectivity index (χ0) is 14.4. The first kappa shape index (κ1) is 12.5. The topological polar surface area (TPSA) is 68.0 Å². The summed E-state index contributed by atoms with van der Waals surface area (Å²) in [5.41, 5.74) is -0.135. The molecule has 1 amide bonds. The van der Waals surface area contributed by atoms with Gasteiger partial charge in [-0.25, -0.2) is 4.39 Å². The van der Waals surface area contributed by atoms with E-state index in [1.165, 1.54) is 24.3 Å². The molecule has 0 aliphatic heterocycles. The Morgan fingerprint density at radius 1 is 1.24 bits per heavy atom. The van der Waals surface area contributed by atoms with Gasteiger partial charge in [-0.3, -0.25) is 4.79 Å². The van der Waals surface area contributed by atoms with Crippen molar-refractivity contribution in [2.75, 3.05) is 5.32 Å². The molecule has 108 valence electrons. The zero-order valence-electron chi connectivity index (χ0n) is 11.3. The third-order valence-electron chi connectivity index (χ3n) is 4.06. The fraction of sp³-hybridized carbons (Fsp3) is 0.400. The van der Waals surface area contributed by atoms with Gasteiger partial charge in [0.05, 0.1) is 0 Å². The van der Waals surface area contributed by atoms with Crippen LogP contribution in [0.5, 0.6) is 0 Å². The first-order chi connectivity index (χ1) is 10.2. The van der Waals surface area contributed by atoms with Crippen LogP contribution in [-0.2, 0) is 10.2 Å². The maximum absolute atomic E-state index is 12.9. The van der Waals surface area contributed by atoms with Crippen LogP contribution in [-0.4, -0.2) is 16.1 Å². The maximum atomic E-state index is 12.9. The number of hydrogen-bond acceptors (Lipinski definition) is 4. The molecule has 2 aromatic rings. The number of hydrogen-bond donors (Lipinski definition) is 1. The molecule has 0 saturated heterocycles. The molecule has 1 heterocycles. The molecule has 2 saturated carbocycles. The molecule has 2 aliphatic rings. The average Bonchev–Trinajstić information content (AvgIpc) is 3.41. The zero-order valence-corrected chi connectivity index (χ0v) is 11.3. The number of nitrogens with one attached hydrogen (secondary N) is 1. The first-order valence-corrected chi connectivity index (χ1v) is 7.08. The van der Waals surface area contributed by atoms with Crippen molar-refractivity contribution in [2.45, 2.75) is 37.0 Å². The molecule has 1 aromatic heterocycles. The van der Waals surface area contributed by atoms with Crippen molar-refractivity contribution in [3.63, 3.8) is 0 Å². The molecule has 6 heteroatoms. The summed E-state index contributed by atoms with van der Waals surface area (Å²) in [6.45, 7) is 0. The first-order valence-electron chi connectivity index (χ1n) is 7.08. The number of carbonyl (C=O) groups excluding carboxylic acids is 1. The second kappa shape index (κ2) is 4.38. The molecule has 0 radical (unpaired) electrons. The van der Waals surface area contributed by atoms with E-state index in [2.05, 4.69) is 15.5 Å². The van der Waals surface area contributed by atoms with Crippen molar-refractivity contribution < 1.29 is 13.6 Å². The van der Waals surface area contributed by atoms with Crippen LogP contribution in [0.15, 0.2) is 28.7 Å². The van der Waals surface area contributed by atoms with E-state index in [9.17, 15) is 9.18 Å². The Bertz CT molecular complexity index is 687. The second-order valence-electron chi connectivity index (χ2n) is 5.76. The highest BCUT2D eigenvalue weighted by molar-refractivity contribution is 6.00. The normalized spacial score (nSPS) is 19.3. The molecular weight excluding hydrogens is 273 g/mol. The van der Waals surface area contributed by atoms with Crippen molar-refractivity contribution in [1.82, 2.24) is 10.2 Å². The molecular formula is C15H14FN3O2. The van der Waals surface area contributed by atoms with Crippen LogP contribution in [0.25, 0.3) is 0 Å². The predicted molar refractivity (Wildman–Crippen MR) is 72.2 cm³/mol. The third kappa shape index (κ3) is 2.20. The van der Waals surface area contributed by atoms with Gasteiger partial charge in [0.1, 0.15) is 11.2 Å². The molecule has 0 atom stereocenters. The number of aromatic nitrogens is 2. The van der Waals surface area contributed by atoms with Crippen LogP contribution in [0.2, 0.25) is 0 Å². The lowest BCUT2D eigenvalue weighted by molar-refractivity contribution is -0.119. The van der Waals surface area contributed by atoms with Gasteiger partial charge in [-0.15, -0.1) is 10.2 Å². The Balaban J connectivity index is 1.53. The molecule has 5 nitrogen and oxygen atoms in total. The summed E-state index contributed by atoms with van der Waals surface area (Å²) in [7, 11) is 0. The van der Waals surface area contributed by atoms with Gasteiger partial charge in [-0.1, -0.05) is 0 Å². The lowest BCUT2D eigenvalue weighted by Gasteiger charge is -2.11. The van der Waals surface area contributed by atoms with E-state index >= 15 is 0 Å². The Morgan fingerprint density at radius 3 is 2.57 bits per heavy atom. The molecule has 4 rings (SSSR count). The van der Waals surface area contributed by atoms with E-state index < -0.39 is 5.41 Å². The second-order valence-corrected chi connectivity index (χ2v) is 5.76. The summed E-state index contributed by atoms with van der Waals surface area (Å²) in [5, 5.41) is 10.9. The van der Waals surface area contributed by atoms with Crippen LogP contribution in [0.1, 0.15) is 43.4 Å². The van der Waals surface area contributed by atoms with Gasteiger partial charge in [0, 0.05) is 11.6 Å². The Kier molecular flexibility index (Phi) is 2.60. The van der Waals surface area contributed by atoms with Gasteiger partial charge in [0.25, 0.3) is 0 Å². The standard InChI is InChI=1S/C15H14FN3O2/c16-10-3-5-11(6-4-10)17-13(20)15(7-8-15)14-19-18-12(21-14)9-1-2-9/h3-6,9H,1-2,7-8H2,(H,17,20). The van der Waals surface area contributed by atoms with E-state index in [4.69, 9.17) is 4.42 Å². The van der Waals surface area contributed by atoms with Crippen molar-refractivity contribution in [3.05, 3.63) is 41.9 Å². The third-order valence-corrected chi connectivity index (χ3v) is 4.06. The summed E-state index contributed by atoms with van der Waals surface area (Å²) in [4.78, 5) is 12.4. The monoisotopic (exact) mass is 287 g/mol. The van der Waals surface area contributed by atoms with Crippen LogP contribution < -0.4 is 5.32 Å². The summed E-state index contributed by atoms with van der Waals surface area (Å²) in [5.74, 6) is 0.928. The van der Waals surface area contributed by atoms with Gasteiger partial charge in [0.15, 0.2) is 0 Å². The van der Waals surface area contributed by atoms with E-state index in [0.717, 1.165) is 12.8 Å². The molecule has 2 fully saturated rings. The smallest absolute Gasteiger partial charge is 0.240 e. The minimum atomic E-state index is -0.700. The molecule has 0 spiro atoms. The van der Waals surface area contributed by atoms with E-state index in [1.54, 1.807) is 0 Å². The molecule has 0 unspecified atom stereocenters. The number of rotatable bonds is 4. The summed E-state index contributed by atoms with van der Waals surface area (Å²) in [6.07, 6.45) is 3.56. The highest BCUT2D eigenvalue weighted by atomic mass is 19.1. The molecule has 1 aromatic carbocycles. The van der Waals surface area contributed by atoms with Crippen LogP contribution in [0.3, 0.4) is 0 Å². The summed E-state index contributed by atoms with van der Waals surface area (Å²) in [6, 6.07) is 5.69. The lowest BCUT2D eigenvalue weighted by Crippen LogP contribution is -2.28. The number of benzene rings is 1. The summed E-state index contributed by atoms with van der Waals surface area (Å²) < 4.78 is 18.5. The predicted octanol–water partition coefficient (Wildman–Crippen LogP) is 2.76. The van der Waals surface area contributed by atoms with Gasteiger partial charge in [-0.05, 0) is 49.9 Å². The number of amides is 1. The average molecular weight is 287 g/mol. The minimum absolute atomic E-state index is 0.167. The largest absolute Gasteiger partial charge is 0.424 e. The van der Waals surface area contributed by atoms with Gasteiger partial charge < -0.3 is 9.73 Å². The van der Waals surface area contributed by atoms with Crippen molar-refractivity contribution in [2.24, 2.45) is 0 Å². The molecule has 0 bridgehead atoms. The van der Waals surface area contributed by atoms with Crippen molar-refractivity contribution in [1.29, 1.82) is 0 Å². The van der Waals surface area contributed by atoms with E-state index in [1.807, 2.05) is 0 Å². The van der Waals surface area contributed by atoms with Gasteiger partial charge in [-0.2, -0.15) is 0 Å². The molecule has 21 heavy (non-hydrogen) atoms. The minimum Gasteiger partial charge on any atom is -0.424 e. The van der Waals surface area contributed by atoms with Crippen LogP contribution in [0.4, 0.5) is 10.1 Å². The van der Waals surface area contributed by atoms with Crippen LogP contribution >= 0.6 is 0 Å². The number of nitrogens with zero attached hydrogens (tertiary/aromatic N) is 2. The Hall–Kier alpha value is -2.24. The highest BCUT2D eigenvalue weighted by Gasteiger charge is 2.56. The van der Waals surface area contributed by atoms with Crippen molar-refractivity contribution >= 4 is 11.6 Å². The number of halogens is 1. The quantitative estimate of drug-likeness (QED) is 0.938. The Labute approximate surface area is 120 Å². The van der Waals surface area contributed by atoms with Gasteiger partial charge in [0.2, 0.25) is 17.7 Å². The van der Waals surface area contributed by atoms with E-state index in [-0.39, 0.29) is 11.7 Å². The fourth-order valence-corrected chi connectivity index (χ4v) is 2.37. The van der Waals surface area contributed by atoms with E-state index in [0.29, 0.717) is 36.2 Å². The van der Waals surface area contributed by atoms with Crippen molar-refractivity contribution in [3.8, 4) is 0 Å². The number of anilines is 1. The maximum Gasteiger partial charge on any atom is 0.240 e. The highest BCUT2D eigenvalue weighted by Crippen LogP contribution is 2.49. The Morgan fingerprint density at radius 2 is 1.95 bits per heavy atom. The fourth-order valence-electron chi connectivity index (χ4n) is 2.37. The van der Waals surface area contributed by atoms with Crippen LogP contribution in [0, 0.1) is 5.82 Å². The SMILES string of the molecule is O=C(Nc1ccc(F)cc1)C1(c2nnc(C3CC3)o2)CC1. The van der Waals surface area contributed by atoms with Gasteiger partial charge >= 0.3 is 0 Å².